The summed E-state index contributed by atoms with van der Waals surface area (Å²) >= 11 is 1.57. The van der Waals surface area contributed by atoms with E-state index < -0.39 is 0 Å². The molecule has 3 aromatic heterocycles. The van der Waals surface area contributed by atoms with E-state index in [4.69, 9.17) is 0 Å². The Bertz CT molecular complexity index is 1410. The zero-order valence-electron chi connectivity index (χ0n) is 18.3. The molecule has 1 aliphatic heterocycles. The zero-order chi connectivity index (χ0) is 23.2. The molecule has 6 rings (SSSR count). The van der Waals surface area contributed by atoms with Gasteiger partial charge in [0.2, 0.25) is 5.88 Å². The Hall–Kier alpha value is -3.85. The molecule has 9 heteroatoms. The first-order valence-electron chi connectivity index (χ1n) is 11.2. The van der Waals surface area contributed by atoms with E-state index in [9.17, 15) is 14.7 Å². The third-order valence-corrected chi connectivity index (χ3v) is 7.31. The molecule has 34 heavy (non-hydrogen) atoms. The number of hydrogen-bond donors (Lipinski definition) is 2. The van der Waals surface area contributed by atoms with Crippen molar-refractivity contribution in [3.63, 3.8) is 0 Å². The largest absolute Gasteiger partial charge is 0.493 e. The second-order valence-corrected chi connectivity index (χ2v) is 9.44. The summed E-state index contributed by atoms with van der Waals surface area (Å²) in [5.41, 5.74) is 3.72. The molecule has 0 bridgehead atoms. The molecule has 0 spiro atoms. The van der Waals surface area contributed by atoms with Gasteiger partial charge < -0.3 is 15.3 Å². The summed E-state index contributed by atoms with van der Waals surface area (Å²) in [6, 6.07) is 15.3. The minimum atomic E-state index is -0.288. The average molecular weight is 474 g/mol. The Morgan fingerprint density at radius 1 is 1.12 bits per heavy atom. The molecule has 2 atom stereocenters. The second-order valence-electron chi connectivity index (χ2n) is 8.66. The smallest absolute Gasteiger partial charge is 0.331 e. The Morgan fingerprint density at radius 2 is 1.97 bits per heavy atom. The van der Waals surface area contributed by atoms with Gasteiger partial charge in [0.25, 0.3) is 0 Å². The number of carbonyl (C=O) groups is 1. The van der Waals surface area contributed by atoms with Gasteiger partial charge in [-0.15, -0.1) is 0 Å². The van der Waals surface area contributed by atoms with Crippen LogP contribution in [-0.4, -0.2) is 36.7 Å². The number of fused-ring (bicyclic) bond motifs is 1. The molecule has 2 N–H and O–H groups in total. The maximum atomic E-state index is 13.1. The molecule has 1 fully saturated rings. The Balaban J connectivity index is 1.22. The van der Waals surface area contributed by atoms with Crippen LogP contribution in [0.5, 0.6) is 5.88 Å². The first-order valence-corrected chi connectivity index (χ1v) is 12.2. The number of nitrogens with one attached hydrogen (secondary N) is 1. The number of anilines is 1. The Morgan fingerprint density at radius 3 is 2.76 bits per heavy atom. The SMILES string of the molecule is O=C(Nc1cccnc1-c1ccsc1)N1CCn2c(c(O)n([C@H]3C[C@@H]3c3ccccc3)c2=O)C1. The minimum absolute atomic E-state index is 0.0359. The highest BCUT2D eigenvalue weighted by Gasteiger charge is 2.44. The van der Waals surface area contributed by atoms with Crippen LogP contribution in [0.1, 0.15) is 29.6 Å². The highest BCUT2D eigenvalue weighted by Crippen LogP contribution is 2.52. The molecule has 172 valence electrons. The standard InChI is InChI=1S/C25H23N5O3S/c31-23-21-14-28(24(32)27-19-7-4-9-26-22(19)17-8-12-34-15-17)10-11-29(21)25(33)30(23)20-13-18(20)16-5-2-1-3-6-16/h1-9,12,15,18,20,31H,10-11,13-14H2,(H,27,32)/t18-,20+/m1/s1. The van der Waals surface area contributed by atoms with Gasteiger partial charge >= 0.3 is 11.7 Å². The van der Waals surface area contributed by atoms with Gasteiger partial charge in [0.05, 0.1) is 17.9 Å². The molecule has 2 amide bonds. The number of rotatable bonds is 4. The molecule has 8 nitrogen and oxygen atoms in total. The third-order valence-electron chi connectivity index (χ3n) is 6.63. The fourth-order valence-electron chi connectivity index (χ4n) is 4.79. The van der Waals surface area contributed by atoms with Crippen LogP contribution < -0.4 is 11.0 Å². The van der Waals surface area contributed by atoms with Crippen LogP contribution in [0.15, 0.2) is 70.3 Å². The van der Waals surface area contributed by atoms with Crippen LogP contribution >= 0.6 is 11.3 Å². The predicted octanol–water partition coefficient (Wildman–Crippen LogP) is 4.26. The van der Waals surface area contributed by atoms with Crippen molar-refractivity contribution in [2.24, 2.45) is 0 Å². The predicted molar refractivity (Wildman–Crippen MR) is 130 cm³/mol. The monoisotopic (exact) mass is 473 g/mol. The van der Waals surface area contributed by atoms with Gasteiger partial charge in [-0.2, -0.15) is 11.3 Å². The normalized spacial score (nSPS) is 19.0. The fraction of sp³-hybridized carbons (Fsp3) is 0.240. The molecule has 1 aliphatic carbocycles. The van der Waals surface area contributed by atoms with Gasteiger partial charge in [-0.25, -0.2) is 9.59 Å². The fourth-order valence-corrected chi connectivity index (χ4v) is 5.43. The van der Waals surface area contributed by atoms with E-state index >= 15 is 0 Å². The van der Waals surface area contributed by atoms with Crippen molar-refractivity contribution in [1.29, 1.82) is 0 Å². The van der Waals surface area contributed by atoms with Crippen molar-refractivity contribution in [3.05, 3.63) is 87.2 Å². The number of urea groups is 1. The number of pyridine rings is 1. The van der Waals surface area contributed by atoms with E-state index in [-0.39, 0.29) is 36.1 Å². The highest BCUT2D eigenvalue weighted by atomic mass is 32.1. The molecule has 1 aromatic carbocycles. The van der Waals surface area contributed by atoms with E-state index in [1.54, 1.807) is 33.1 Å². The number of aromatic nitrogens is 3. The molecule has 4 heterocycles. The Kier molecular flexibility index (Phi) is 4.99. The van der Waals surface area contributed by atoms with Gasteiger partial charge in [-0.3, -0.25) is 14.1 Å². The Labute approximate surface area is 199 Å². The summed E-state index contributed by atoms with van der Waals surface area (Å²) in [6.07, 6.45) is 2.51. The van der Waals surface area contributed by atoms with Crippen LogP contribution in [-0.2, 0) is 13.1 Å². The van der Waals surface area contributed by atoms with E-state index in [0.29, 0.717) is 30.2 Å². The summed E-state index contributed by atoms with van der Waals surface area (Å²) in [5.74, 6) is 0.182. The number of aromatic hydroxyl groups is 1. The van der Waals surface area contributed by atoms with Crippen LogP contribution in [0.3, 0.4) is 0 Å². The number of nitrogens with zero attached hydrogens (tertiary/aromatic N) is 4. The van der Waals surface area contributed by atoms with Gasteiger partial charge in [-0.05, 0) is 35.6 Å². The maximum absolute atomic E-state index is 13.1. The zero-order valence-corrected chi connectivity index (χ0v) is 19.1. The van der Waals surface area contributed by atoms with Crippen LogP contribution in [0.4, 0.5) is 10.5 Å². The van der Waals surface area contributed by atoms with Crippen molar-refractivity contribution in [2.75, 3.05) is 11.9 Å². The lowest BCUT2D eigenvalue weighted by Crippen LogP contribution is -2.42. The summed E-state index contributed by atoms with van der Waals surface area (Å²) in [7, 11) is 0. The summed E-state index contributed by atoms with van der Waals surface area (Å²) in [6.45, 7) is 0.884. The third kappa shape index (κ3) is 3.49. The van der Waals surface area contributed by atoms with Crippen LogP contribution in [0.25, 0.3) is 11.3 Å². The number of benzene rings is 1. The number of imidazole rings is 1. The minimum Gasteiger partial charge on any atom is -0.493 e. The lowest BCUT2D eigenvalue weighted by Gasteiger charge is -2.28. The van der Waals surface area contributed by atoms with Gasteiger partial charge in [0.1, 0.15) is 5.69 Å². The first-order chi connectivity index (χ1) is 16.6. The van der Waals surface area contributed by atoms with Crippen molar-refractivity contribution < 1.29 is 9.90 Å². The van der Waals surface area contributed by atoms with Gasteiger partial charge in [0, 0.05) is 42.2 Å². The highest BCUT2D eigenvalue weighted by molar-refractivity contribution is 7.08. The van der Waals surface area contributed by atoms with Crippen LogP contribution in [0.2, 0.25) is 0 Å². The van der Waals surface area contributed by atoms with Crippen molar-refractivity contribution in [2.45, 2.75) is 31.5 Å². The van der Waals surface area contributed by atoms with Crippen molar-refractivity contribution in [1.82, 2.24) is 19.0 Å². The number of hydrogen-bond acceptors (Lipinski definition) is 5. The molecular weight excluding hydrogens is 450 g/mol. The van der Waals surface area contributed by atoms with Crippen LogP contribution in [0, 0.1) is 0 Å². The first kappa shape index (κ1) is 20.7. The van der Waals surface area contributed by atoms with Gasteiger partial charge in [0.15, 0.2) is 0 Å². The van der Waals surface area contributed by atoms with E-state index in [0.717, 1.165) is 12.0 Å². The number of thiophene rings is 1. The quantitative estimate of drug-likeness (QED) is 0.463. The summed E-state index contributed by atoms with van der Waals surface area (Å²) in [4.78, 5) is 32.2. The molecule has 0 saturated heterocycles. The average Bonchev–Trinajstić information content (AvgIpc) is 3.36. The molecule has 2 aliphatic rings. The molecule has 1 saturated carbocycles. The molecule has 0 unspecified atom stereocenters. The van der Waals surface area contributed by atoms with Crippen molar-refractivity contribution >= 4 is 23.1 Å². The van der Waals surface area contributed by atoms with E-state index in [1.165, 1.54) is 10.1 Å². The van der Waals surface area contributed by atoms with Crippen molar-refractivity contribution in [3.8, 4) is 17.1 Å². The second kappa shape index (κ2) is 8.18. The molecular formula is C25H23N5O3S. The molecule has 4 aromatic rings. The maximum Gasteiger partial charge on any atom is 0.331 e. The summed E-state index contributed by atoms with van der Waals surface area (Å²) < 4.78 is 3.10. The lowest BCUT2D eigenvalue weighted by atomic mass is 10.1. The summed E-state index contributed by atoms with van der Waals surface area (Å²) in [5, 5.41) is 17.9. The topological polar surface area (TPSA) is 92.4 Å². The number of carbonyl (C=O) groups excluding carboxylic acids is 1. The number of amides is 2. The molecule has 0 radical (unpaired) electrons. The lowest BCUT2D eigenvalue weighted by molar-refractivity contribution is 0.195. The van der Waals surface area contributed by atoms with E-state index in [2.05, 4.69) is 22.4 Å². The van der Waals surface area contributed by atoms with Gasteiger partial charge in [-0.1, -0.05) is 30.3 Å². The van der Waals surface area contributed by atoms with E-state index in [1.807, 2.05) is 41.1 Å².